The van der Waals surface area contributed by atoms with E-state index in [4.69, 9.17) is 4.98 Å². The lowest BCUT2D eigenvalue weighted by Gasteiger charge is -2.16. The normalized spacial score (nSPS) is 18.5. The summed E-state index contributed by atoms with van der Waals surface area (Å²) in [6, 6.07) is 6.53. The molecule has 0 spiro atoms. The van der Waals surface area contributed by atoms with Crippen molar-refractivity contribution in [3.05, 3.63) is 65.3 Å². The number of nitrogens with zero attached hydrogens (tertiary/aromatic N) is 4. The summed E-state index contributed by atoms with van der Waals surface area (Å²) < 4.78 is 1.82. The molecule has 1 amide bonds. The van der Waals surface area contributed by atoms with E-state index in [0.29, 0.717) is 18.2 Å². The number of fused-ring (bicyclic) bond motifs is 1. The van der Waals surface area contributed by atoms with Crippen molar-refractivity contribution in [3.8, 4) is 0 Å². The van der Waals surface area contributed by atoms with E-state index in [9.17, 15) is 4.79 Å². The molecule has 1 saturated heterocycles. The van der Waals surface area contributed by atoms with Crippen molar-refractivity contribution in [2.45, 2.75) is 45.2 Å². The Hall–Kier alpha value is -3.68. The summed E-state index contributed by atoms with van der Waals surface area (Å²) in [6.45, 7) is 8.02. The van der Waals surface area contributed by atoms with E-state index >= 15 is 0 Å². The summed E-state index contributed by atoms with van der Waals surface area (Å²) in [5.41, 5.74) is 5.13. The molecule has 1 aliphatic heterocycles. The zero-order valence-electron chi connectivity index (χ0n) is 17.6. The Morgan fingerprint density at radius 1 is 1.32 bits per heavy atom. The monoisotopic (exact) mass is 415 g/mol. The summed E-state index contributed by atoms with van der Waals surface area (Å²) in [7, 11) is 0. The zero-order chi connectivity index (χ0) is 21.5. The first kappa shape index (κ1) is 19.3. The Kier molecular flexibility index (Phi) is 4.69. The first-order valence-corrected chi connectivity index (χ1v) is 10.5. The number of aryl methyl sites for hydroxylation is 1. The smallest absolute Gasteiger partial charge is 0.228 e. The van der Waals surface area contributed by atoms with Gasteiger partial charge in [-0.05, 0) is 50.0 Å². The Balaban J connectivity index is 1.52. The summed E-state index contributed by atoms with van der Waals surface area (Å²) in [6.07, 6.45) is 8.21. The highest BCUT2D eigenvalue weighted by Crippen LogP contribution is 2.29. The minimum Gasteiger partial charge on any atom is -0.367 e. The van der Waals surface area contributed by atoms with Crippen LogP contribution in [-0.4, -0.2) is 31.5 Å². The molecule has 3 aromatic rings. The maximum Gasteiger partial charge on any atom is 0.228 e. The number of amides is 1. The average molecular weight is 416 g/mol. The van der Waals surface area contributed by atoms with E-state index in [2.05, 4.69) is 45.6 Å². The van der Waals surface area contributed by atoms with Crippen LogP contribution in [0.25, 0.3) is 11.7 Å². The number of carbonyl (C=O) groups is 1. The van der Waals surface area contributed by atoms with Crippen molar-refractivity contribution >= 4 is 29.3 Å². The van der Waals surface area contributed by atoms with Crippen LogP contribution in [0, 0.1) is 6.92 Å². The number of allylic oxidation sites excluding steroid dienone is 1. The quantitative estimate of drug-likeness (QED) is 0.569. The van der Waals surface area contributed by atoms with Crippen LogP contribution in [0.1, 0.15) is 49.0 Å². The van der Waals surface area contributed by atoms with Crippen molar-refractivity contribution in [1.82, 2.24) is 24.9 Å². The fourth-order valence-electron chi connectivity index (χ4n) is 3.62. The van der Waals surface area contributed by atoms with Crippen LogP contribution < -0.4 is 16.0 Å². The summed E-state index contributed by atoms with van der Waals surface area (Å²) in [5.74, 6) is 1.59. The van der Waals surface area contributed by atoms with Gasteiger partial charge >= 0.3 is 0 Å². The Labute approximate surface area is 180 Å². The van der Waals surface area contributed by atoms with E-state index in [-0.39, 0.29) is 11.9 Å². The Bertz CT molecular complexity index is 1200. The molecule has 1 unspecified atom stereocenters. The first-order chi connectivity index (χ1) is 15.0. The van der Waals surface area contributed by atoms with Gasteiger partial charge in [-0.2, -0.15) is 9.61 Å². The van der Waals surface area contributed by atoms with Crippen LogP contribution in [0.15, 0.2) is 48.4 Å². The Morgan fingerprint density at radius 3 is 2.84 bits per heavy atom. The maximum atomic E-state index is 11.7. The van der Waals surface area contributed by atoms with Crippen LogP contribution in [0.2, 0.25) is 0 Å². The van der Waals surface area contributed by atoms with Crippen molar-refractivity contribution in [3.63, 3.8) is 0 Å². The lowest BCUT2D eigenvalue weighted by Crippen LogP contribution is -2.13. The molecule has 3 aromatic heterocycles. The number of aromatic nitrogens is 4. The standard InChI is InChI=1S/C23H25N7O/c1-13-4-7-19(24-11-13)15(3)26-20-10-21(28-18-5-6-18)30-23(29-20)17(12-25-30)8-16-9-22(31)27-14(16)2/h4,7-8,10-12,15,18,28H,2,5-6,9H2,1,3H3,(H,26,29)(H,27,31)/b16-8+. The lowest BCUT2D eigenvalue weighted by molar-refractivity contribution is -0.118. The highest BCUT2D eigenvalue weighted by Gasteiger charge is 2.24. The van der Waals surface area contributed by atoms with Gasteiger partial charge in [0.15, 0.2) is 5.65 Å². The van der Waals surface area contributed by atoms with Crippen LogP contribution in [0.3, 0.4) is 0 Å². The third-order valence-electron chi connectivity index (χ3n) is 5.53. The topological polar surface area (TPSA) is 96.2 Å². The number of hydrogen-bond donors (Lipinski definition) is 3. The van der Waals surface area contributed by atoms with Crippen LogP contribution in [-0.2, 0) is 4.79 Å². The molecule has 8 nitrogen and oxygen atoms in total. The molecule has 2 fully saturated rings. The van der Waals surface area contributed by atoms with Crippen LogP contribution >= 0.6 is 0 Å². The number of carbonyl (C=O) groups excluding carboxylic acids is 1. The molecular formula is C23H25N7O. The highest BCUT2D eigenvalue weighted by molar-refractivity contribution is 5.89. The van der Waals surface area contributed by atoms with Crippen LogP contribution in [0.4, 0.5) is 11.6 Å². The largest absolute Gasteiger partial charge is 0.367 e. The van der Waals surface area contributed by atoms with E-state index in [0.717, 1.165) is 52.5 Å². The average Bonchev–Trinajstić information content (AvgIpc) is 3.37. The molecule has 5 rings (SSSR count). The fraction of sp³-hybridized carbons (Fsp3) is 0.304. The van der Waals surface area contributed by atoms with Crippen molar-refractivity contribution < 1.29 is 4.79 Å². The SMILES string of the molecule is C=C1NC(=O)C/C1=C\c1cnn2c(NC3CC3)cc(NC(C)c3ccc(C)cn3)nc12. The second-order valence-corrected chi connectivity index (χ2v) is 8.28. The summed E-state index contributed by atoms with van der Waals surface area (Å²) in [4.78, 5) is 21.1. The van der Waals surface area contributed by atoms with Crippen LogP contribution in [0.5, 0.6) is 0 Å². The van der Waals surface area contributed by atoms with Gasteiger partial charge in [0.2, 0.25) is 5.91 Å². The molecule has 0 aromatic carbocycles. The number of pyridine rings is 1. The molecule has 31 heavy (non-hydrogen) atoms. The molecule has 8 heteroatoms. The van der Waals surface area contributed by atoms with Gasteiger partial charge < -0.3 is 16.0 Å². The van der Waals surface area contributed by atoms with E-state index in [1.165, 1.54) is 0 Å². The van der Waals surface area contributed by atoms with Gasteiger partial charge in [0.05, 0.1) is 24.4 Å². The lowest BCUT2D eigenvalue weighted by atomic mass is 10.1. The molecule has 3 N–H and O–H groups in total. The molecule has 4 heterocycles. The second-order valence-electron chi connectivity index (χ2n) is 8.28. The van der Waals surface area contributed by atoms with Gasteiger partial charge in [-0.3, -0.25) is 9.78 Å². The predicted molar refractivity (Wildman–Crippen MR) is 121 cm³/mol. The molecule has 1 saturated carbocycles. The van der Waals surface area contributed by atoms with E-state index in [1.54, 1.807) is 6.20 Å². The molecule has 1 aliphatic carbocycles. The van der Waals surface area contributed by atoms with E-state index < -0.39 is 0 Å². The van der Waals surface area contributed by atoms with Crippen molar-refractivity contribution in [1.29, 1.82) is 0 Å². The zero-order valence-corrected chi connectivity index (χ0v) is 17.6. The van der Waals surface area contributed by atoms with Gasteiger partial charge in [0.25, 0.3) is 0 Å². The van der Waals surface area contributed by atoms with Crippen molar-refractivity contribution in [2.75, 3.05) is 10.6 Å². The van der Waals surface area contributed by atoms with E-state index in [1.807, 2.05) is 35.8 Å². The summed E-state index contributed by atoms with van der Waals surface area (Å²) in [5, 5.41) is 14.3. The molecule has 0 bridgehead atoms. The number of nitrogens with one attached hydrogen (secondary N) is 3. The minimum absolute atomic E-state index is 0.00881. The van der Waals surface area contributed by atoms with Gasteiger partial charge in [-0.25, -0.2) is 4.98 Å². The van der Waals surface area contributed by atoms with Gasteiger partial charge in [0.1, 0.15) is 11.6 Å². The Morgan fingerprint density at radius 2 is 2.16 bits per heavy atom. The highest BCUT2D eigenvalue weighted by atomic mass is 16.1. The molecule has 1 atom stereocenters. The molecule has 158 valence electrons. The third-order valence-corrected chi connectivity index (χ3v) is 5.53. The van der Waals surface area contributed by atoms with Crippen molar-refractivity contribution in [2.24, 2.45) is 0 Å². The fourth-order valence-corrected chi connectivity index (χ4v) is 3.62. The molecular weight excluding hydrogens is 390 g/mol. The first-order valence-electron chi connectivity index (χ1n) is 10.5. The molecule has 0 radical (unpaired) electrons. The maximum absolute atomic E-state index is 11.7. The third kappa shape index (κ3) is 4.01. The van der Waals surface area contributed by atoms with Gasteiger partial charge in [0, 0.05) is 29.6 Å². The van der Waals surface area contributed by atoms with Gasteiger partial charge in [-0.15, -0.1) is 0 Å². The number of hydrogen-bond acceptors (Lipinski definition) is 6. The molecule has 2 aliphatic rings. The second kappa shape index (κ2) is 7.54. The number of rotatable bonds is 6. The minimum atomic E-state index is -0.0430. The van der Waals surface area contributed by atoms with Gasteiger partial charge in [-0.1, -0.05) is 12.6 Å². The summed E-state index contributed by atoms with van der Waals surface area (Å²) >= 11 is 0. The predicted octanol–water partition coefficient (Wildman–Crippen LogP) is 3.60. The number of anilines is 2.